The minimum atomic E-state index is -0.176. The van der Waals surface area contributed by atoms with Crippen molar-refractivity contribution in [2.75, 3.05) is 6.61 Å². The molecular weight excluding hydrogens is 434 g/mol. The number of carbonyl (C=O) groups is 1. The van der Waals surface area contributed by atoms with Gasteiger partial charge in [-0.25, -0.2) is 4.98 Å². The second-order valence-corrected chi connectivity index (χ2v) is 8.69. The summed E-state index contributed by atoms with van der Waals surface area (Å²) in [5.41, 5.74) is 3.71. The zero-order valence-electron chi connectivity index (χ0n) is 18.9. The predicted octanol–water partition coefficient (Wildman–Crippen LogP) is 6.21. The van der Waals surface area contributed by atoms with Gasteiger partial charge in [-0.3, -0.25) is 4.79 Å². The largest absolute Gasteiger partial charge is 0.493 e. The lowest BCUT2D eigenvalue weighted by atomic mass is 10.0. The number of hydrogen-bond donors (Lipinski definition) is 1. The van der Waals surface area contributed by atoms with E-state index in [1.165, 1.54) is 5.56 Å². The Bertz CT molecular complexity index is 1250. The van der Waals surface area contributed by atoms with Crippen LogP contribution in [0.15, 0.2) is 72.8 Å². The van der Waals surface area contributed by atoms with Gasteiger partial charge in [0.1, 0.15) is 11.6 Å². The molecule has 170 valence electrons. The topological polar surface area (TPSA) is 56.1 Å². The van der Waals surface area contributed by atoms with Crippen LogP contribution in [0, 0.1) is 0 Å². The Morgan fingerprint density at radius 1 is 1.06 bits per heavy atom. The summed E-state index contributed by atoms with van der Waals surface area (Å²) >= 11 is 6.02. The second-order valence-electron chi connectivity index (χ2n) is 8.26. The van der Waals surface area contributed by atoms with E-state index in [2.05, 4.69) is 35.9 Å². The van der Waals surface area contributed by atoms with Gasteiger partial charge >= 0.3 is 0 Å². The normalized spacial score (nSPS) is 11.2. The molecule has 0 atom stereocenters. The molecule has 6 heteroatoms. The number of ether oxygens (including phenoxy) is 1. The molecule has 0 radical (unpaired) electrons. The number of fused-ring (bicyclic) bond motifs is 1. The van der Waals surface area contributed by atoms with Crippen molar-refractivity contribution < 1.29 is 9.53 Å². The number of halogens is 1. The van der Waals surface area contributed by atoms with Crippen LogP contribution in [0.3, 0.4) is 0 Å². The summed E-state index contributed by atoms with van der Waals surface area (Å²) in [5.74, 6) is 1.99. The number of amides is 1. The van der Waals surface area contributed by atoms with E-state index < -0.39 is 0 Å². The molecule has 1 amide bonds. The quantitative estimate of drug-likeness (QED) is 0.301. The van der Waals surface area contributed by atoms with Gasteiger partial charge in [0.25, 0.3) is 5.91 Å². The van der Waals surface area contributed by atoms with Gasteiger partial charge in [-0.15, -0.1) is 0 Å². The summed E-state index contributed by atoms with van der Waals surface area (Å²) in [6.07, 6.45) is 0.821. The Hall–Kier alpha value is -3.31. The first-order valence-electron chi connectivity index (χ1n) is 11.2. The Labute approximate surface area is 199 Å². The number of para-hydroxylation sites is 3. The molecule has 0 unspecified atom stereocenters. The van der Waals surface area contributed by atoms with Crippen LogP contribution < -0.4 is 10.1 Å². The number of benzene rings is 3. The van der Waals surface area contributed by atoms with Crippen molar-refractivity contribution in [1.82, 2.24) is 14.9 Å². The van der Waals surface area contributed by atoms with Crippen LogP contribution in [0.4, 0.5) is 0 Å². The number of aryl methyl sites for hydroxylation is 1. The fourth-order valence-electron chi connectivity index (χ4n) is 3.89. The lowest BCUT2D eigenvalue weighted by Crippen LogP contribution is -2.25. The zero-order valence-corrected chi connectivity index (χ0v) is 19.7. The molecule has 4 aromatic rings. The molecule has 0 spiro atoms. The number of nitrogens with zero attached hydrogens (tertiary/aromatic N) is 2. The summed E-state index contributed by atoms with van der Waals surface area (Å²) in [4.78, 5) is 17.3. The minimum absolute atomic E-state index is 0.176. The molecule has 33 heavy (non-hydrogen) atoms. The third-order valence-electron chi connectivity index (χ3n) is 5.55. The summed E-state index contributed by atoms with van der Waals surface area (Å²) in [7, 11) is 0. The average molecular weight is 462 g/mol. The highest BCUT2D eigenvalue weighted by Gasteiger charge is 2.13. The van der Waals surface area contributed by atoms with Crippen molar-refractivity contribution in [2.24, 2.45) is 0 Å². The van der Waals surface area contributed by atoms with Gasteiger partial charge in [0.05, 0.1) is 24.2 Å². The van der Waals surface area contributed by atoms with Gasteiger partial charge in [0, 0.05) is 17.1 Å². The number of nitrogens with one attached hydrogen (secondary N) is 1. The van der Waals surface area contributed by atoms with E-state index in [-0.39, 0.29) is 5.91 Å². The van der Waals surface area contributed by atoms with Gasteiger partial charge in [-0.2, -0.15) is 0 Å². The van der Waals surface area contributed by atoms with Crippen molar-refractivity contribution in [1.29, 1.82) is 0 Å². The Morgan fingerprint density at radius 3 is 2.67 bits per heavy atom. The molecule has 1 aromatic heterocycles. The molecular formula is C27H28ClN3O2. The standard InChI is InChI=1S/C27H28ClN3O2/c1-19(2)22-11-3-6-14-25(22)33-16-8-15-31-24-13-5-4-12-23(24)30-26(31)18-29-27(32)20-9-7-10-21(28)17-20/h3-7,9-14,17,19H,8,15-16,18H2,1-2H3,(H,29,32). The van der Waals surface area contributed by atoms with Crippen molar-refractivity contribution in [3.05, 3.63) is 94.8 Å². The van der Waals surface area contributed by atoms with Gasteiger partial charge in [-0.05, 0) is 54.3 Å². The van der Waals surface area contributed by atoms with Crippen LogP contribution in [0.5, 0.6) is 5.75 Å². The summed E-state index contributed by atoms with van der Waals surface area (Å²) in [5, 5.41) is 3.50. The fourth-order valence-corrected chi connectivity index (χ4v) is 4.08. The second kappa shape index (κ2) is 10.5. The van der Waals surface area contributed by atoms with E-state index in [0.717, 1.165) is 35.6 Å². The first-order chi connectivity index (χ1) is 16.0. The van der Waals surface area contributed by atoms with Gasteiger partial charge in [0.15, 0.2) is 0 Å². The molecule has 0 aliphatic carbocycles. The molecule has 1 N–H and O–H groups in total. The number of imidazole rings is 1. The lowest BCUT2D eigenvalue weighted by Gasteiger charge is -2.15. The van der Waals surface area contributed by atoms with E-state index in [1.54, 1.807) is 24.3 Å². The molecule has 0 bridgehead atoms. The first kappa shape index (κ1) is 22.9. The first-order valence-corrected chi connectivity index (χ1v) is 11.6. The predicted molar refractivity (Wildman–Crippen MR) is 133 cm³/mol. The molecule has 3 aromatic carbocycles. The molecule has 0 saturated carbocycles. The van der Waals surface area contributed by atoms with Crippen LogP contribution in [-0.2, 0) is 13.1 Å². The van der Waals surface area contributed by atoms with E-state index in [0.29, 0.717) is 29.7 Å². The fraction of sp³-hybridized carbons (Fsp3) is 0.259. The highest BCUT2D eigenvalue weighted by atomic mass is 35.5. The third kappa shape index (κ3) is 5.55. The summed E-state index contributed by atoms with van der Waals surface area (Å²) < 4.78 is 8.26. The maximum Gasteiger partial charge on any atom is 0.251 e. The minimum Gasteiger partial charge on any atom is -0.493 e. The van der Waals surface area contributed by atoms with E-state index >= 15 is 0 Å². The highest BCUT2D eigenvalue weighted by molar-refractivity contribution is 6.30. The number of rotatable bonds is 9. The number of carbonyl (C=O) groups excluding carboxylic acids is 1. The van der Waals surface area contributed by atoms with Crippen LogP contribution >= 0.6 is 11.6 Å². The van der Waals surface area contributed by atoms with E-state index in [4.69, 9.17) is 21.3 Å². The average Bonchev–Trinajstić information content (AvgIpc) is 3.18. The molecule has 1 heterocycles. The molecule has 0 aliphatic rings. The molecule has 4 rings (SSSR count). The summed E-state index contributed by atoms with van der Waals surface area (Å²) in [6.45, 7) is 6.02. The monoisotopic (exact) mass is 461 g/mol. The van der Waals surface area contributed by atoms with Gasteiger partial charge in [0.2, 0.25) is 0 Å². The van der Waals surface area contributed by atoms with Crippen LogP contribution in [0.1, 0.15) is 47.9 Å². The summed E-state index contributed by atoms with van der Waals surface area (Å²) in [6, 6.07) is 23.1. The lowest BCUT2D eigenvalue weighted by molar-refractivity contribution is 0.0949. The zero-order chi connectivity index (χ0) is 23.2. The maximum absolute atomic E-state index is 12.6. The Balaban J connectivity index is 1.44. The maximum atomic E-state index is 12.6. The van der Waals surface area contributed by atoms with Crippen LogP contribution in [-0.4, -0.2) is 22.1 Å². The van der Waals surface area contributed by atoms with E-state index in [1.807, 2.05) is 36.4 Å². The van der Waals surface area contributed by atoms with Gasteiger partial charge in [-0.1, -0.05) is 61.8 Å². The molecule has 5 nitrogen and oxygen atoms in total. The highest BCUT2D eigenvalue weighted by Crippen LogP contribution is 2.26. The molecule has 0 fully saturated rings. The Morgan fingerprint density at radius 2 is 1.85 bits per heavy atom. The van der Waals surface area contributed by atoms with Crippen molar-refractivity contribution in [2.45, 2.75) is 39.3 Å². The smallest absolute Gasteiger partial charge is 0.251 e. The number of hydrogen-bond acceptors (Lipinski definition) is 3. The van der Waals surface area contributed by atoms with E-state index in [9.17, 15) is 4.79 Å². The van der Waals surface area contributed by atoms with Crippen LogP contribution in [0.25, 0.3) is 11.0 Å². The van der Waals surface area contributed by atoms with Crippen molar-refractivity contribution in [3.63, 3.8) is 0 Å². The van der Waals surface area contributed by atoms with Crippen molar-refractivity contribution >= 4 is 28.5 Å². The molecule has 0 saturated heterocycles. The van der Waals surface area contributed by atoms with Crippen LogP contribution in [0.2, 0.25) is 5.02 Å². The SMILES string of the molecule is CC(C)c1ccccc1OCCCn1c(CNC(=O)c2cccc(Cl)c2)nc2ccccc21. The van der Waals surface area contributed by atoms with Gasteiger partial charge < -0.3 is 14.6 Å². The third-order valence-corrected chi connectivity index (χ3v) is 5.79. The number of aromatic nitrogens is 2. The molecule has 0 aliphatic heterocycles. The Kier molecular flexibility index (Phi) is 7.30. The van der Waals surface area contributed by atoms with Crippen molar-refractivity contribution in [3.8, 4) is 5.75 Å².